The summed E-state index contributed by atoms with van der Waals surface area (Å²) in [6, 6.07) is -1.72. The minimum absolute atomic E-state index is 0.861. The van der Waals surface area contributed by atoms with Crippen molar-refractivity contribution in [3.8, 4) is 0 Å². The first-order valence-electron chi connectivity index (χ1n) is 4.81. The molecule has 0 aromatic heterocycles. The fourth-order valence-corrected chi connectivity index (χ4v) is 2.37. The second kappa shape index (κ2) is 5.01. The van der Waals surface area contributed by atoms with Crippen LogP contribution in [0.5, 0.6) is 0 Å². The van der Waals surface area contributed by atoms with Crippen LogP contribution in [-0.4, -0.2) is 13.0 Å². The molecule has 0 spiro atoms. The lowest BCUT2D eigenvalue weighted by atomic mass is 10.0. The third kappa shape index (κ3) is 3.82. The Bertz CT molecular complexity index is 647. The van der Waals surface area contributed by atoms with Crippen LogP contribution in [0.25, 0.3) is 0 Å². The Morgan fingerprint density at radius 2 is 1.05 bits per heavy atom. The van der Waals surface area contributed by atoms with Gasteiger partial charge in [-0.1, -0.05) is 0 Å². The third-order valence-electron chi connectivity index (χ3n) is 2.28. The zero-order valence-electron chi connectivity index (χ0n) is 9.69. The van der Waals surface area contributed by atoms with Crippen LogP contribution in [0.3, 0.4) is 0 Å². The molecule has 126 valence electrons. The number of rotatable bonds is 1. The van der Waals surface area contributed by atoms with Gasteiger partial charge in [-0.2, -0.15) is 39.5 Å². The maximum absolute atomic E-state index is 12.6. The molecular weight excluding hydrogens is 359 g/mol. The lowest BCUT2D eigenvalue weighted by Crippen LogP contribution is -2.22. The molecule has 0 saturated heterocycles. The van der Waals surface area contributed by atoms with Crippen molar-refractivity contribution < 1.29 is 52.5 Å². The number of hydrogen-bond acceptors (Lipinski definition) is 3. The number of halogens is 9. The van der Waals surface area contributed by atoms with E-state index in [9.17, 15) is 52.5 Å². The smallest absolute Gasteiger partial charge is 0.417 e. The van der Waals surface area contributed by atoms with Crippen LogP contribution in [0.2, 0.25) is 0 Å². The maximum atomic E-state index is 12.6. The average molecular weight is 361 g/mol. The summed E-state index contributed by atoms with van der Waals surface area (Å²) in [7, 11) is -6.35. The lowest BCUT2D eigenvalue weighted by Gasteiger charge is -2.22. The van der Waals surface area contributed by atoms with Crippen molar-refractivity contribution in [2.75, 3.05) is 0 Å². The molecule has 0 atom stereocenters. The minimum Gasteiger partial charge on any atom is -0.744 e. The fraction of sp³-hybridized carbons (Fsp3) is 0.333. The summed E-state index contributed by atoms with van der Waals surface area (Å²) in [5.74, 6) is 0. The topological polar surface area (TPSA) is 57.2 Å². The van der Waals surface area contributed by atoms with Crippen LogP contribution < -0.4 is 0 Å². The highest BCUT2D eigenvalue weighted by atomic mass is 32.2. The summed E-state index contributed by atoms with van der Waals surface area (Å²) in [5, 5.41) is 0. The van der Waals surface area contributed by atoms with Crippen molar-refractivity contribution in [1.29, 1.82) is 0 Å². The Labute approximate surface area is 116 Å². The minimum atomic E-state index is -6.35. The largest absolute Gasteiger partial charge is 0.744 e. The van der Waals surface area contributed by atoms with E-state index in [1.165, 1.54) is 0 Å². The van der Waals surface area contributed by atoms with E-state index in [4.69, 9.17) is 0 Å². The first-order valence-corrected chi connectivity index (χ1v) is 6.22. The van der Waals surface area contributed by atoms with Crippen LogP contribution in [0, 0.1) is 0 Å². The summed E-state index contributed by atoms with van der Waals surface area (Å²) >= 11 is 0. The summed E-state index contributed by atoms with van der Waals surface area (Å²) in [5.41, 5.74) is -8.05. The Kier molecular flexibility index (Phi) is 4.22. The van der Waals surface area contributed by atoms with E-state index < -0.39 is 62.4 Å². The Morgan fingerprint density at radius 3 is 1.23 bits per heavy atom. The predicted octanol–water partition coefficient (Wildman–Crippen LogP) is 3.65. The molecule has 22 heavy (non-hydrogen) atoms. The van der Waals surface area contributed by atoms with Gasteiger partial charge in [-0.25, -0.2) is 8.42 Å². The SMILES string of the molecule is O=S(=O)([O-])c1c(C(F)(F)F)cc(C(F)(F)F)cc1C(F)(F)F. The first kappa shape index (κ1) is 18.5. The van der Waals surface area contributed by atoms with E-state index in [2.05, 4.69) is 0 Å². The molecule has 1 aromatic rings. The molecule has 1 aromatic carbocycles. The van der Waals surface area contributed by atoms with Gasteiger partial charge in [0.25, 0.3) is 0 Å². The van der Waals surface area contributed by atoms with Crippen molar-refractivity contribution in [2.24, 2.45) is 0 Å². The predicted molar refractivity (Wildman–Crippen MR) is 49.4 cm³/mol. The average Bonchev–Trinajstić information content (AvgIpc) is 2.22. The highest BCUT2D eigenvalue weighted by Gasteiger charge is 2.46. The standard InChI is InChI=1S/C9H3F9O3S/c10-7(11,12)3-1-4(8(13,14)15)6(22(19,20)21)5(2-3)9(16,17)18/h1-2H,(H,19,20,21)/p-1. The molecule has 0 radical (unpaired) electrons. The normalized spacial score (nSPS) is 14.3. The van der Waals surface area contributed by atoms with Gasteiger partial charge < -0.3 is 4.55 Å². The van der Waals surface area contributed by atoms with Crippen molar-refractivity contribution in [1.82, 2.24) is 0 Å². The van der Waals surface area contributed by atoms with E-state index in [1.807, 2.05) is 0 Å². The molecule has 13 heteroatoms. The first-order chi connectivity index (χ1) is 9.45. The molecular formula is C9H2F9O3S-. The molecule has 3 nitrogen and oxygen atoms in total. The van der Waals surface area contributed by atoms with Crippen molar-refractivity contribution in [2.45, 2.75) is 23.4 Å². The van der Waals surface area contributed by atoms with Gasteiger partial charge in [0.2, 0.25) is 0 Å². The third-order valence-corrected chi connectivity index (χ3v) is 3.22. The van der Waals surface area contributed by atoms with Crippen molar-refractivity contribution >= 4 is 10.1 Å². The van der Waals surface area contributed by atoms with Gasteiger partial charge in [0.05, 0.1) is 21.6 Å². The molecule has 0 N–H and O–H groups in total. The van der Waals surface area contributed by atoms with E-state index in [0.717, 1.165) is 0 Å². The Balaban J connectivity index is 4.05. The molecule has 0 aliphatic heterocycles. The fourth-order valence-electron chi connectivity index (χ4n) is 1.48. The van der Waals surface area contributed by atoms with E-state index in [1.54, 1.807) is 0 Å². The quantitative estimate of drug-likeness (QED) is 0.567. The second-order valence-corrected chi connectivity index (χ2v) is 5.16. The van der Waals surface area contributed by atoms with E-state index >= 15 is 0 Å². The van der Waals surface area contributed by atoms with Crippen LogP contribution in [0.15, 0.2) is 17.0 Å². The van der Waals surface area contributed by atoms with Gasteiger partial charge in [-0.3, -0.25) is 0 Å². The van der Waals surface area contributed by atoms with Gasteiger partial charge >= 0.3 is 18.5 Å². The van der Waals surface area contributed by atoms with Gasteiger partial charge in [0.1, 0.15) is 10.1 Å². The zero-order valence-corrected chi connectivity index (χ0v) is 10.5. The molecule has 0 heterocycles. The van der Waals surface area contributed by atoms with Gasteiger partial charge in [-0.05, 0) is 12.1 Å². The lowest BCUT2D eigenvalue weighted by molar-refractivity contribution is -0.152. The van der Waals surface area contributed by atoms with Crippen molar-refractivity contribution in [3.05, 3.63) is 28.8 Å². The van der Waals surface area contributed by atoms with E-state index in [-0.39, 0.29) is 0 Å². The number of benzene rings is 1. The number of alkyl halides is 9. The molecule has 0 fully saturated rings. The second-order valence-electron chi connectivity index (χ2n) is 3.85. The molecule has 0 bridgehead atoms. The Morgan fingerprint density at radius 1 is 0.727 bits per heavy atom. The highest BCUT2D eigenvalue weighted by Crippen LogP contribution is 2.45. The van der Waals surface area contributed by atoms with Crippen LogP contribution in [0.1, 0.15) is 16.7 Å². The molecule has 0 amide bonds. The molecule has 0 aliphatic rings. The Hall–Kier alpha value is -1.50. The molecule has 0 saturated carbocycles. The van der Waals surface area contributed by atoms with Gasteiger partial charge in [-0.15, -0.1) is 0 Å². The van der Waals surface area contributed by atoms with Gasteiger partial charge in [0, 0.05) is 0 Å². The summed E-state index contributed by atoms with van der Waals surface area (Å²) in [4.78, 5) is -2.79. The van der Waals surface area contributed by atoms with Gasteiger partial charge in [0.15, 0.2) is 0 Å². The highest BCUT2D eigenvalue weighted by molar-refractivity contribution is 7.85. The molecule has 0 unspecified atom stereocenters. The van der Waals surface area contributed by atoms with Crippen LogP contribution in [-0.2, 0) is 28.6 Å². The van der Waals surface area contributed by atoms with Crippen molar-refractivity contribution in [3.63, 3.8) is 0 Å². The summed E-state index contributed by atoms with van der Waals surface area (Å²) < 4.78 is 145. The zero-order chi connectivity index (χ0) is 17.7. The van der Waals surface area contributed by atoms with Crippen LogP contribution >= 0.6 is 0 Å². The summed E-state index contributed by atoms with van der Waals surface area (Å²) in [6.07, 6.45) is -17.5. The summed E-state index contributed by atoms with van der Waals surface area (Å²) in [6.45, 7) is 0. The van der Waals surface area contributed by atoms with E-state index in [0.29, 0.717) is 0 Å². The monoisotopic (exact) mass is 361 g/mol. The number of hydrogen-bond donors (Lipinski definition) is 0. The maximum Gasteiger partial charge on any atom is 0.417 e. The van der Waals surface area contributed by atoms with Crippen LogP contribution in [0.4, 0.5) is 39.5 Å². The molecule has 0 aliphatic carbocycles. The molecule has 1 rings (SSSR count).